The van der Waals surface area contributed by atoms with Crippen LogP contribution in [0.3, 0.4) is 0 Å². The van der Waals surface area contributed by atoms with Gasteiger partial charge in [-0.2, -0.15) is 0 Å². The minimum absolute atomic E-state index is 0.00396. The molecular formula is C16H19Cl2NO2. The number of aliphatic hydroxyl groups excluding tert-OH is 1. The molecule has 3 rings (SSSR count). The number of aliphatic hydroxyl groups is 1. The van der Waals surface area contributed by atoms with Gasteiger partial charge < -0.3 is 10.0 Å². The summed E-state index contributed by atoms with van der Waals surface area (Å²) in [7, 11) is 0. The van der Waals surface area contributed by atoms with Gasteiger partial charge in [0, 0.05) is 29.1 Å². The molecule has 0 spiro atoms. The third-order valence-corrected chi connectivity index (χ3v) is 5.26. The molecule has 1 aliphatic heterocycles. The molecule has 1 aromatic rings. The molecule has 5 heteroatoms. The molecule has 0 bridgehead atoms. The molecule has 1 saturated heterocycles. The quantitative estimate of drug-likeness (QED) is 0.905. The van der Waals surface area contributed by atoms with Gasteiger partial charge in [0.1, 0.15) is 0 Å². The van der Waals surface area contributed by atoms with Crippen LogP contribution in [0.5, 0.6) is 0 Å². The van der Waals surface area contributed by atoms with Gasteiger partial charge in [-0.1, -0.05) is 36.2 Å². The Labute approximate surface area is 134 Å². The van der Waals surface area contributed by atoms with E-state index in [1.807, 2.05) is 19.1 Å². The number of amides is 1. The number of carbonyl (C=O) groups is 1. The molecule has 3 nitrogen and oxygen atoms in total. The molecule has 1 heterocycles. The number of halogens is 2. The van der Waals surface area contributed by atoms with E-state index in [-0.39, 0.29) is 23.7 Å². The molecule has 4 unspecified atom stereocenters. The van der Waals surface area contributed by atoms with Crippen LogP contribution >= 0.6 is 23.2 Å². The van der Waals surface area contributed by atoms with Gasteiger partial charge in [0.25, 0.3) is 0 Å². The number of carbonyl (C=O) groups excluding carboxylic acids is 1. The summed E-state index contributed by atoms with van der Waals surface area (Å²) < 4.78 is 0. The molecule has 21 heavy (non-hydrogen) atoms. The zero-order valence-electron chi connectivity index (χ0n) is 11.9. The van der Waals surface area contributed by atoms with Gasteiger partial charge in [0.2, 0.25) is 5.91 Å². The van der Waals surface area contributed by atoms with Gasteiger partial charge in [-0.3, -0.25) is 4.79 Å². The van der Waals surface area contributed by atoms with E-state index in [2.05, 4.69) is 0 Å². The molecule has 1 N–H and O–H groups in total. The summed E-state index contributed by atoms with van der Waals surface area (Å²) >= 11 is 12.1. The van der Waals surface area contributed by atoms with Crippen LogP contribution in [0.15, 0.2) is 18.2 Å². The zero-order chi connectivity index (χ0) is 15.1. The number of piperidine rings is 1. The number of rotatable bonds is 2. The van der Waals surface area contributed by atoms with Crippen LogP contribution in [0, 0.1) is 11.8 Å². The fraction of sp³-hybridized carbons (Fsp3) is 0.562. The summed E-state index contributed by atoms with van der Waals surface area (Å²) in [5.74, 6) is 0.620. The van der Waals surface area contributed by atoms with Crippen LogP contribution < -0.4 is 0 Å². The van der Waals surface area contributed by atoms with E-state index in [0.29, 0.717) is 16.6 Å². The van der Waals surface area contributed by atoms with Crippen molar-refractivity contribution in [3.8, 4) is 0 Å². The van der Waals surface area contributed by atoms with Crippen molar-refractivity contribution in [2.75, 3.05) is 13.1 Å². The first-order valence-corrected chi connectivity index (χ1v) is 8.14. The Morgan fingerprint density at radius 2 is 2.14 bits per heavy atom. The summed E-state index contributed by atoms with van der Waals surface area (Å²) in [5, 5.41) is 11.2. The molecule has 4 atom stereocenters. The van der Waals surface area contributed by atoms with Crippen molar-refractivity contribution in [2.45, 2.75) is 31.8 Å². The number of hydrogen-bond acceptors (Lipinski definition) is 2. The van der Waals surface area contributed by atoms with Crippen molar-refractivity contribution < 1.29 is 9.90 Å². The first kappa shape index (κ1) is 15.1. The highest BCUT2D eigenvalue weighted by Crippen LogP contribution is 2.51. The molecule has 1 aromatic carbocycles. The summed E-state index contributed by atoms with van der Waals surface area (Å²) in [5.41, 5.74) is 1.00. The normalized spacial score (nSPS) is 32.1. The van der Waals surface area contributed by atoms with Crippen LogP contribution in [-0.2, 0) is 4.79 Å². The number of hydrogen-bond donors (Lipinski definition) is 1. The molecule has 0 aromatic heterocycles. The van der Waals surface area contributed by atoms with Crippen LogP contribution in [0.2, 0.25) is 10.0 Å². The Morgan fingerprint density at radius 3 is 2.81 bits per heavy atom. The minimum atomic E-state index is -0.404. The lowest BCUT2D eigenvalue weighted by atomic mass is 9.95. The maximum absolute atomic E-state index is 12.5. The predicted octanol–water partition coefficient (Wildman–Crippen LogP) is 3.33. The number of nitrogens with zero attached hydrogens (tertiary/aromatic N) is 1. The largest absolute Gasteiger partial charge is 0.391 e. The highest BCUT2D eigenvalue weighted by molar-refractivity contribution is 6.35. The van der Waals surface area contributed by atoms with Gasteiger partial charge in [-0.25, -0.2) is 0 Å². The van der Waals surface area contributed by atoms with E-state index in [4.69, 9.17) is 23.2 Å². The standard InChI is InChI=1S/C16H19Cl2NO2/c1-9-4-5-19(8-15(9)20)16(21)13-7-12(13)11-3-2-10(17)6-14(11)18/h2-3,6,9,12-13,15,20H,4-5,7-8H2,1H3. The molecule has 1 aliphatic carbocycles. The third-order valence-electron chi connectivity index (χ3n) is 4.70. The Morgan fingerprint density at radius 1 is 1.38 bits per heavy atom. The topological polar surface area (TPSA) is 40.5 Å². The van der Waals surface area contributed by atoms with E-state index in [1.165, 1.54) is 0 Å². The summed E-state index contributed by atoms with van der Waals surface area (Å²) in [6, 6.07) is 5.45. The third kappa shape index (κ3) is 3.05. The molecule has 1 amide bonds. The van der Waals surface area contributed by atoms with Gasteiger partial charge in [-0.15, -0.1) is 0 Å². The lowest BCUT2D eigenvalue weighted by Gasteiger charge is -2.34. The average Bonchev–Trinajstić information content (AvgIpc) is 3.21. The minimum Gasteiger partial charge on any atom is -0.391 e. The Balaban J connectivity index is 1.66. The lowest BCUT2D eigenvalue weighted by molar-refractivity contribution is -0.136. The van der Waals surface area contributed by atoms with Gasteiger partial charge in [-0.05, 0) is 42.4 Å². The molecule has 0 radical (unpaired) electrons. The second kappa shape index (κ2) is 5.79. The average molecular weight is 328 g/mol. The van der Waals surface area contributed by atoms with Crippen molar-refractivity contribution in [2.24, 2.45) is 11.8 Å². The Kier molecular flexibility index (Phi) is 4.17. The van der Waals surface area contributed by atoms with Crippen molar-refractivity contribution in [1.82, 2.24) is 4.90 Å². The second-order valence-corrected chi connectivity index (χ2v) is 7.08. The van der Waals surface area contributed by atoms with Gasteiger partial charge in [0.15, 0.2) is 0 Å². The fourth-order valence-electron chi connectivity index (χ4n) is 3.10. The Hall–Kier alpha value is -0.770. The molecule has 1 saturated carbocycles. The van der Waals surface area contributed by atoms with Crippen molar-refractivity contribution in [3.05, 3.63) is 33.8 Å². The van der Waals surface area contributed by atoms with Crippen LogP contribution in [0.4, 0.5) is 0 Å². The molecule has 2 fully saturated rings. The molecule has 114 valence electrons. The highest BCUT2D eigenvalue weighted by atomic mass is 35.5. The van der Waals surface area contributed by atoms with Gasteiger partial charge >= 0.3 is 0 Å². The van der Waals surface area contributed by atoms with Crippen LogP contribution in [-0.4, -0.2) is 35.1 Å². The first-order valence-electron chi connectivity index (χ1n) is 7.39. The van der Waals surface area contributed by atoms with E-state index in [0.717, 1.165) is 24.9 Å². The van der Waals surface area contributed by atoms with E-state index < -0.39 is 6.10 Å². The van der Waals surface area contributed by atoms with Crippen molar-refractivity contribution >= 4 is 29.1 Å². The number of β-amino-alcohol motifs (C(OH)–C–C–N with tert-alkyl or cyclic N) is 1. The van der Waals surface area contributed by atoms with Crippen LogP contribution in [0.25, 0.3) is 0 Å². The predicted molar refractivity (Wildman–Crippen MR) is 83.7 cm³/mol. The molecule has 2 aliphatic rings. The number of likely N-dealkylation sites (tertiary alicyclic amines) is 1. The Bertz CT molecular complexity index is 563. The maximum Gasteiger partial charge on any atom is 0.226 e. The fourth-order valence-corrected chi connectivity index (χ4v) is 3.65. The summed E-state index contributed by atoms with van der Waals surface area (Å²) in [6.45, 7) is 3.23. The zero-order valence-corrected chi connectivity index (χ0v) is 13.4. The maximum atomic E-state index is 12.5. The lowest BCUT2D eigenvalue weighted by Crippen LogP contribution is -2.46. The van der Waals surface area contributed by atoms with Crippen LogP contribution in [0.1, 0.15) is 31.2 Å². The SMILES string of the molecule is CC1CCN(C(=O)C2CC2c2ccc(Cl)cc2Cl)CC1O. The summed E-state index contributed by atoms with van der Waals surface area (Å²) in [4.78, 5) is 14.3. The smallest absolute Gasteiger partial charge is 0.226 e. The molecular weight excluding hydrogens is 309 g/mol. The monoisotopic (exact) mass is 327 g/mol. The van der Waals surface area contributed by atoms with E-state index >= 15 is 0 Å². The summed E-state index contributed by atoms with van der Waals surface area (Å²) in [6.07, 6.45) is 1.30. The number of benzene rings is 1. The van der Waals surface area contributed by atoms with E-state index in [1.54, 1.807) is 11.0 Å². The van der Waals surface area contributed by atoms with E-state index in [9.17, 15) is 9.90 Å². The highest BCUT2D eigenvalue weighted by Gasteiger charge is 2.47. The first-order chi connectivity index (χ1) is 9.97. The second-order valence-electron chi connectivity index (χ2n) is 6.23. The van der Waals surface area contributed by atoms with Gasteiger partial charge in [0.05, 0.1) is 6.10 Å². The van der Waals surface area contributed by atoms with Crippen molar-refractivity contribution in [3.63, 3.8) is 0 Å². The van der Waals surface area contributed by atoms with Crippen molar-refractivity contribution in [1.29, 1.82) is 0 Å².